The SMILES string of the molecule is CN(C)CCCN1CC(C(=O)NCc2ccc3c(c2)OCO3)CC1=O. The van der Waals surface area contributed by atoms with Crippen LogP contribution < -0.4 is 14.8 Å². The van der Waals surface area contributed by atoms with Crippen molar-refractivity contribution >= 4 is 11.8 Å². The highest BCUT2D eigenvalue weighted by atomic mass is 16.7. The zero-order valence-electron chi connectivity index (χ0n) is 14.8. The molecule has 2 heterocycles. The second-order valence-corrected chi connectivity index (χ2v) is 6.80. The van der Waals surface area contributed by atoms with Gasteiger partial charge in [0.15, 0.2) is 11.5 Å². The largest absolute Gasteiger partial charge is 0.454 e. The van der Waals surface area contributed by atoms with E-state index in [0.717, 1.165) is 24.3 Å². The van der Waals surface area contributed by atoms with Gasteiger partial charge in [-0.3, -0.25) is 9.59 Å². The summed E-state index contributed by atoms with van der Waals surface area (Å²) in [5.74, 6) is 1.17. The predicted octanol–water partition coefficient (Wildman–Crippen LogP) is 0.832. The highest BCUT2D eigenvalue weighted by molar-refractivity contribution is 5.89. The Hall–Kier alpha value is -2.28. The van der Waals surface area contributed by atoms with Crippen molar-refractivity contribution in [1.82, 2.24) is 15.1 Å². The van der Waals surface area contributed by atoms with Gasteiger partial charge >= 0.3 is 0 Å². The number of carbonyl (C=O) groups is 2. The van der Waals surface area contributed by atoms with E-state index in [2.05, 4.69) is 10.2 Å². The van der Waals surface area contributed by atoms with Crippen molar-refractivity contribution in [3.63, 3.8) is 0 Å². The maximum Gasteiger partial charge on any atom is 0.231 e. The van der Waals surface area contributed by atoms with Crippen LogP contribution in [-0.4, -0.2) is 62.1 Å². The van der Waals surface area contributed by atoms with Crippen LogP contribution in [0.5, 0.6) is 11.5 Å². The first-order valence-corrected chi connectivity index (χ1v) is 8.61. The van der Waals surface area contributed by atoms with Gasteiger partial charge in [-0.25, -0.2) is 0 Å². The average molecular weight is 347 g/mol. The van der Waals surface area contributed by atoms with E-state index in [9.17, 15) is 9.59 Å². The van der Waals surface area contributed by atoms with Gasteiger partial charge in [-0.2, -0.15) is 0 Å². The first kappa shape index (κ1) is 17.5. The number of ether oxygens (including phenoxy) is 2. The third-order valence-corrected chi connectivity index (χ3v) is 4.52. The number of fused-ring (bicyclic) bond motifs is 1. The van der Waals surface area contributed by atoms with Crippen molar-refractivity contribution in [2.24, 2.45) is 5.92 Å². The average Bonchev–Trinajstić information content (AvgIpc) is 3.18. The highest BCUT2D eigenvalue weighted by Crippen LogP contribution is 2.32. The van der Waals surface area contributed by atoms with Crippen LogP contribution in [0.4, 0.5) is 0 Å². The Morgan fingerprint density at radius 3 is 2.92 bits per heavy atom. The lowest BCUT2D eigenvalue weighted by Crippen LogP contribution is -2.33. The summed E-state index contributed by atoms with van der Waals surface area (Å²) in [7, 11) is 4.02. The number of hydrogen-bond acceptors (Lipinski definition) is 5. The van der Waals surface area contributed by atoms with Crippen molar-refractivity contribution in [3.05, 3.63) is 23.8 Å². The Bertz CT molecular complexity index is 647. The Kier molecular flexibility index (Phi) is 5.43. The molecule has 2 aliphatic rings. The summed E-state index contributed by atoms with van der Waals surface area (Å²) in [5, 5.41) is 2.93. The van der Waals surface area contributed by atoms with Crippen molar-refractivity contribution in [1.29, 1.82) is 0 Å². The van der Waals surface area contributed by atoms with Crippen LogP contribution >= 0.6 is 0 Å². The standard InChI is InChI=1S/C18H25N3O4/c1-20(2)6-3-7-21-11-14(9-17(21)22)18(23)19-10-13-4-5-15-16(8-13)25-12-24-15/h4-5,8,14H,3,6-7,9-12H2,1-2H3,(H,19,23). The molecular formula is C18H25N3O4. The van der Waals surface area contributed by atoms with E-state index < -0.39 is 0 Å². The third-order valence-electron chi connectivity index (χ3n) is 4.52. The summed E-state index contributed by atoms with van der Waals surface area (Å²) >= 11 is 0. The summed E-state index contributed by atoms with van der Waals surface area (Å²) in [5.41, 5.74) is 0.949. The van der Waals surface area contributed by atoms with E-state index in [1.807, 2.05) is 32.3 Å². The lowest BCUT2D eigenvalue weighted by molar-refractivity contribution is -0.129. The molecular weight excluding hydrogens is 322 g/mol. The van der Waals surface area contributed by atoms with Gasteiger partial charge in [0.05, 0.1) is 5.92 Å². The van der Waals surface area contributed by atoms with Crippen molar-refractivity contribution in [2.45, 2.75) is 19.4 Å². The molecule has 0 aromatic heterocycles. The van der Waals surface area contributed by atoms with E-state index in [-0.39, 0.29) is 24.5 Å². The van der Waals surface area contributed by atoms with Gasteiger partial charge in [-0.15, -0.1) is 0 Å². The minimum Gasteiger partial charge on any atom is -0.454 e. The van der Waals surface area contributed by atoms with Gasteiger partial charge in [-0.05, 0) is 44.8 Å². The molecule has 7 heteroatoms. The van der Waals surface area contributed by atoms with Crippen LogP contribution in [0.15, 0.2) is 18.2 Å². The molecule has 1 N–H and O–H groups in total. The first-order chi connectivity index (χ1) is 12.0. The fourth-order valence-electron chi connectivity index (χ4n) is 3.13. The van der Waals surface area contributed by atoms with E-state index >= 15 is 0 Å². The zero-order chi connectivity index (χ0) is 17.8. The molecule has 0 spiro atoms. The number of nitrogens with zero attached hydrogens (tertiary/aromatic N) is 2. The maximum absolute atomic E-state index is 12.4. The summed E-state index contributed by atoms with van der Waals surface area (Å²) in [6.45, 7) is 2.81. The quantitative estimate of drug-likeness (QED) is 0.791. The summed E-state index contributed by atoms with van der Waals surface area (Å²) in [6.07, 6.45) is 1.22. The highest BCUT2D eigenvalue weighted by Gasteiger charge is 2.33. The normalized spacial score (nSPS) is 18.9. The molecule has 0 saturated carbocycles. The summed E-state index contributed by atoms with van der Waals surface area (Å²) < 4.78 is 10.6. The zero-order valence-corrected chi connectivity index (χ0v) is 14.8. The predicted molar refractivity (Wildman–Crippen MR) is 92.3 cm³/mol. The molecule has 1 fully saturated rings. The van der Waals surface area contributed by atoms with Crippen LogP contribution in [0.3, 0.4) is 0 Å². The topological polar surface area (TPSA) is 71.1 Å². The van der Waals surface area contributed by atoms with Gasteiger partial charge in [0.25, 0.3) is 0 Å². The molecule has 1 aromatic carbocycles. The van der Waals surface area contributed by atoms with Gasteiger partial charge < -0.3 is 24.6 Å². The Morgan fingerprint density at radius 2 is 2.12 bits per heavy atom. The number of rotatable bonds is 7. The Labute approximate surface area is 147 Å². The molecule has 0 bridgehead atoms. The molecule has 7 nitrogen and oxygen atoms in total. The van der Waals surface area contributed by atoms with Crippen LogP contribution in [0, 0.1) is 5.92 Å². The van der Waals surface area contributed by atoms with E-state index in [4.69, 9.17) is 9.47 Å². The lowest BCUT2D eigenvalue weighted by atomic mass is 10.1. The van der Waals surface area contributed by atoms with E-state index in [0.29, 0.717) is 31.8 Å². The minimum absolute atomic E-state index is 0.0684. The molecule has 0 radical (unpaired) electrons. The van der Waals surface area contributed by atoms with Crippen molar-refractivity contribution in [3.8, 4) is 11.5 Å². The first-order valence-electron chi connectivity index (χ1n) is 8.61. The fraction of sp³-hybridized carbons (Fsp3) is 0.556. The van der Waals surface area contributed by atoms with E-state index in [1.54, 1.807) is 4.90 Å². The smallest absolute Gasteiger partial charge is 0.231 e. The number of likely N-dealkylation sites (tertiary alicyclic amines) is 1. The van der Waals surface area contributed by atoms with E-state index in [1.165, 1.54) is 0 Å². The van der Waals surface area contributed by atoms with Gasteiger partial charge in [0.2, 0.25) is 18.6 Å². The molecule has 2 amide bonds. The molecule has 0 aliphatic carbocycles. The molecule has 25 heavy (non-hydrogen) atoms. The number of amides is 2. The van der Waals surface area contributed by atoms with Crippen LogP contribution in [0.1, 0.15) is 18.4 Å². The molecule has 3 rings (SSSR count). The van der Waals surface area contributed by atoms with Gasteiger partial charge in [0, 0.05) is 26.1 Å². The third kappa shape index (κ3) is 4.42. The molecule has 2 aliphatic heterocycles. The monoisotopic (exact) mass is 347 g/mol. The Morgan fingerprint density at radius 1 is 1.32 bits per heavy atom. The molecule has 1 unspecified atom stereocenters. The van der Waals surface area contributed by atoms with Crippen molar-refractivity contribution in [2.75, 3.05) is 40.5 Å². The van der Waals surface area contributed by atoms with Crippen LogP contribution in [0.25, 0.3) is 0 Å². The summed E-state index contributed by atoms with van der Waals surface area (Å²) in [4.78, 5) is 28.3. The van der Waals surface area contributed by atoms with Crippen molar-refractivity contribution < 1.29 is 19.1 Å². The number of carbonyl (C=O) groups excluding carboxylic acids is 2. The second-order valence-electron chi connectivity index (χ2n) is 6.80. The Balaban J connectivity index is 1.46. The fourth-order valence-corrected chi connectivity index (χ4v) is 3.13. The van der Waals surface area contributed by atoms with Gasteiger partial charge in [-0.1, -0.05) is 6.07 Å². The van der Waals surface area contributed by atoms with Crippen LogP contribution in [0.2, 0.25) is 0 Å². The number of nitrogens with one attached hydrogen (secondary N) is 1. The number of hydrogen-bond donors (Lipinski definition) is 1. The molecule has 1 aromatic rings. The second kappa shape index (κ2) is 7.74. The molecule has 1 saturated heterocycles. The molecule has 1 atom stereocenters. The lowest BCUT2D eigenvalue weighted by Gasteiger charge is -2.18. The van der Waals surface area contributed by atoms with Gasteiger partial charge in [0.1, 0.15) is 0 Å². The number of benzene rings is 1. The summed E-state index contributed by atoms with van der Waals surface area (Å²) in [6, 6.07) is 5.62. The minimum atomic E-state index is -0.263. The maximum atomic E-state index is 12.4. The van der Waals surface area contributed by atoms with Crippen LogP contribution in [-0.2, 0) is 16.1 Å². The molecule has 136 valence electrons.